The first-order chi connectivity index (χ1) is 3.86. The first-order valence-corrected chi connectivity index (χ1v) is 3.94. The van der Waals surface area contributed by atoms with Crippen molar-refractivity contribution in [1.29, 1.82) is 0 Å². The van der Waals surface area contributed by atoms with Gasteiger partial charge in [-0.15, -0.1) is 11.6 Å². The van der Waals surface area contributed by atoms with Gasteiger partial charge in [-0.3, -0.25) is 0 Å². The van der Waals surface area contributed by atoms with Gasteiger partial charge in [-0.2, -0.15) is 0 Å². The Morgan fingerprint density at radius 2 is 2.00 bits per heavy atom. The minimum Gasteiger partial charge on any atom is -0.123 e. The highest BCUT2D eigenvalue weighted by Crippen LogP contribution is 2.46. The number of rotatable bonds is 0. The molecular formula is C7H11Cl. The van der Waals surface area contributed by atoms with Gasteiger partial charge in [-0.1, -0.05) is 6.42 Å². The molecule has 0 heterocycles. The normalized spacial score (nSPS) is 52.9. The molecule has 0 amide bonds. The van der Waals surface area contributed by atoms with Crippen LogP contribution < -0.4 is 0 Å². The van der Waals surface area contributed by atoms with Crippen molar-refractivity contribution in [3.63, 3.8) is 0 Å². The lowest BCUT2D eigenvalue weighted by Gasteiger charge is -2.13. The molecule has 0 radical (unpaired) electrons. The molecule has 0 aromatic carbocycles. The Balaban J connectivity index is 2.11. The van der Waals surface area contributed by atoms with Crippen LogP contribution >= 0.6 is 11.6 Å². The summed E-state index contributed by atoms with van der Waals surface area (Å²) in [5, 5.41) is 0.550. The van der Waals surface area contributed by atoms with Crippen molar-refractivity contribution < 1.29 is 0 Å². The van der Waals surface area contributed by atoms with E-state index >= 15 is 0 Å². The average Bonchev–Trinajstić information content (AvgIpc) is 2.23. The molecule has 8 heavy (non-hydrogen) atoms. The van der Waals surface area contributed by atoms with Crippen LogP contribution in [0, 0.1) is 11.8 Å². The Hall–Kier alpha value is 0.290. The fourth-order valence-corrected chi connectivity index (χ4v) is 2.65. The molecule has 1 heteroatoms. The molecule has 2 rings (SSSR count). The van der Waals surface area contributed by atoms with E-state index < -0.39 is 0 Å². The second-order valence-electron chi connectivity index (χ2n) is 3.19. The molecule has 0 unspecified atom stereocenters. The molecule has 0 saturated heterocycles. The van der Waals surface area contributed by atoms with Gasteiger partial charge in [0.05, 0.1) is 0 Å². The Morgan fingerprint density at radius 1 is 1.12 bits per heavy atom. The number of hydrogen-bond donors (Lipinski definition) is 0. The molecule has 2 fully saturated rings. The second-order valence-corrected chi connectivity index (χ2v) is 3.75. The lowest BCUT2D eigenvalue weighted by atomic mass is 10.0. The van der Waals surface area contributed by atoms with E-state index in [0.29, 0.717) is 5.38 Å². The van der Waals surface area contributed by atoms with Gasteiger partial charge >= 0.3 is 0 Å². The minimum absolute atomic E-state index is 0.550. The van der Waals surface area contributed by atoms with Crippen molar-refractivity contribution in [2.24, 2.45) is 11.8 Å². The predicted molar refractivity (Wildman–Crippen MR) is 35.1 cm³/mol. The van der Waals surface area contributed by atoms with Crippen LogP contribution in [0.3, 0.4) is 0 Å². The molecule has 0 spiro atoms. The molecule has 2 bridgehead atoms. The van der Waals surface area contributed by atoms with E-state index in [9.17, 15) is 0 Å². The first kappa shape index (κ1) is 5.10. The molecular weight excluding hydrogens is 120 g/mol. The fourth-order valence-electron chi connectivity index (χ4n) is 2.17. The van der Waals surface area contributed by atoms with Crippen molar-refractivity contribution in [3.05, 3.63) is 0 Å². The van der Waals surface area contributed by atoms with Crippen molar-refractivity contribution in [3.8, 4) is 0 Å². The number of alkyl halides is 1. The third-order valence-corrected chi connectivity index (χ3v) is 3.19. The Labute approximate surface area is 55.2 Å². The molecule has 2 saturated carbocycles. The predicted octanol–water partition coefficient (Wildman–Crippen LogP) is 2.41. The van der Waals surface area contributed by atoms with Gasteiger partial charge in [0.1, 0.15) is 0 Å². The zero-order chi connectivity index (χ0) is 5.56. The summed E-state index contributed by atoms with van der Waals surface area (Å²) < 4.78 is 0. The van der Waals surface area contributed by atoms with E-state index in [1.807, 2.05) is 0 Å². The van der Waals surface area contributed by atoms with E-state index in [1.54, 1.807) is 0 Å². The van der Waals surface area contributed by atoms with E-state index in [1.165, 1.54) is 25.7 Å². The lowest BCUT2D eigenvalue weighted by molar-refractivity contribution is 0.487. The molecule has 0 aromatic rings. The summed E-state index contributed by atoms with van der Waals surface area (Å²) in [6.45, 7) is 0. The molecule has 3 atom stereocenters. The Kier molecular flexibility index (Phi) is 1.04. The molecule has 0 nitrogen and oxygen atoms in total. The SMILES string of the molecule is Cl[C@H]1C[C@H]2CC[C@@H]1C2. The van der Waals surface area contributed by atoms with Crippen LogP contribution in [-0.4, -0.2) is 5.38 Å². The third kappa shape index (κ3) is 0.589. The van der Waals surface area contributed by atoms with Gasteiger partial charge in [0.2, 0.25) is 0 Å². The monoisotopic (exact) mass is 130 g/mol. The number of halogens is 1. The molecule has 0 aliphatic heterocycles. The summed E-state index contributed by atoms with van der Waals surface area (Å²) in [6, 6.07) is 0. The summed E-state index contributed by atoms with van der Waals surface area (Å²) in [5.41, 5.74) is 0. The van der Waals surface area contributed by atoms with Gasteiger partial charge < -0.3 is 0 Å². The van der Waals surface area contributed by atoms with Crippen molar-refractivity contribution >= 4 is 11.6 Å². The smallest absolute Gasteiger partial charge is 0.0367 e. The molecule has 0 aromatic heterocycles. The van der Waals surface area contributed by atoms with Crippen LogP contribution in [0.2, 0.25) is 0 Å². The molecule has 0 N–H and O–H groups in total. The van der Waals surface area contributed by atoms with Crippen LogP contribution in [-0.2, 0) is 0 Å². The van der Waals surface area contributed by atoms with Crippen LogP contribution in [0.25, 0.3) is 0 Å². The summed E-state index contributed by atoms with van der Waals surface area (Å²) in [4.78, 5) is 0. The summed E-state index contributed by atoms with van der Waals surface area (Å²) in [7, 11) is 0. The van der Waals surface area contributed by atoms with Gasteiger partial charge in [0.25, 0.3) is 0 Å². The quantitative estimate of drug-likeness (QED) is 0.442. The molecule has 46 valence electrons. The van der Waals surface area contributed by atoms with Gasteiger partial charge in [0.15, 0.2) is 0 Å². The van der Waals surface area contributed by atoms with Crippen LogP contribution in [0.4, 0.5) is 0 Å². The second kappa shape index (κ2) is 1.63. The topological polar surface area (TPSA) is 0 Å². The zero-order valence-electron chi connectivity index (χ0n) is 4.94. The van der Waals surface area contributed by atoms with Gasteiger partial charge in [0, 0.05) is 5.38 Å². The van der Waals surface area contributed by atoms with E-state index in [2.05, 4.69) is 0 Å². The summed E-state index contributed by atoms with van der Waals surface area (Å²) in [5.74, 6) is 1.92. The Morgan fingerprint density at radius 3 is 2.25 bits per heavy atom. The van der Waals surface area contributed by atoms with Gasteiger partial charge in [-0.25, -0.2) is 0 Å². The Bertz CT molecular complexity index is 98.6. The highest BCUT2D eigenvalue weighted by Gasteiger charge is 2.38. The van der Waals surface area contributed by atoms with Crippen LogP contribution in [0.1, 0.15) is 25.7 Å². The van der Waals surface area contributed by atoms with E-state index in [-0.39, 0.29) is 0 Å². The third-order valence-electron chi connectivity index (χ3n) is 2.65. The van der Waals surface area contributed by atoms with E-state index in [0.717, 1.165) is 11.8 Å². The van der Waals surface area contributed by atoms with Crippen molar-refractivity contribution in [1.82, 2.24) is 0 Å². The molecule has 2 aliphatic carbocycles. The maximum atomic E-state index is 6.01. The highest BCUT2D eigenvalue weighted by atomic mass is 35.5. The minimum atomic E-state index is 0.550. The maximum absolute atomic E-state index is 6.01. The lowest BCUT2D eigenvalue weighted by Crippen LogP contribution is -2.08. The highest BCUT2D eigenvalue weighted by molar-refractivity contribution is 6.21. The van der Waals surface area contributed by atoms with Crippen LogP contribution in [0.15, 0.2) is 0 Å². The summed E-state index contributed by atoms with van der Waals surface area (Å²) >= 11 is 6.01. The number of fused-ring (bicyclic) bond motifs is 2. The van der Waals surface area contributed by atoms with Crippen LogP contribution in [0.5, 0.6) is 0 Å². The number of hydrogen-bond acceptors (Lipinski definition) is 0. The summed E-state index contributed by atoms with van der Waals surface area (Å²) in [6.07, 6.45) is 5.63. The first-order valence-electron chi connectivity index (χ1n) is 3.50. The largest absolute Gasteiger partial charge is 0.123 e. The average molecular weight is 131 g/mol. The standard InChI is InChI=1S/C7H11Cl/c8-7-4-5-1-2-6(7)3-5/h5-7H,1-4H2/t5-,6+,7-/m0/s1. The van der Waals surface area contributed by atoms with E-state index in [4.69, 9.17) is 11.6 Å². The zero-order valence-corrected chi connectivity index (χ0v) is 5.69. The van der Waals surface area contributed by atoms with Gasteiger partial charge in [-0.05, 0) is 31.1 Å². The maximum Gasteiger partial charge on any atom is 0.0367 e. The molecule has 2 aliphatic rings. The fraction of sp³-hybridized carbons (Fsp3) is 1.00. The van der Waals surface area contributed by atoms with Crippen molar-refractivity contribution in [2.75, 3.05) is 0 Å². The van der Waals surface area contributed by atoms with Crippen molar-refractivity contribution in [2.45, 2.75) is 31.1 Å².